The SMILES string of the molecule is O=C(NCc1ccccc1)c1cnc(NCc2ccc(F)cc2)nc1. The van der Waals surface area contributed by atoms with E-state index in [-0.39, 0.29) is 11.7 Å². The molecule has 0 aliphatic heterocycles. The van der Waals surface area contributed by atoms with Gasteiger partial charge in [-0.3, -0.25) is 4.79 Å². The third-order valence-electron chi connectivity index (χ3n) is 3.57. The molecule has 0 bridgehead atoms. The van der Waals surface area contributed by atoms with Gasteiger partial charge < -0.3 is 10.6 Å². The van der Waals surface area contributed by atoms with Gasteiger partial charge in [0.05, 0.1) is 5.56 Å². The van der Waals surface area contributed by atoms with Crippen LogP contribution >= 0.6 is 0 Å². The van der Waals surface area contributed by atoms with Gasteiger partial charge in [-0.05, 0) is 23.3 Å². The van der Waals surface area contributed by atoms with Crippen LogP contribution < -0.4 is 10.6 Å². The lowest BCUT2D eigenvalue weighted by Gasteiger charge is -2.07. The zero-order valence-corrected chi connectivity index (χ0v) is 13.4. The van der Waals surface area contributed by atoms with Crippen LogP contribution in [0.25, 0.3) is 0 Å². The number of nitrogens with zero attached hydrogens (tertiary/aromatic N) is 2. The monoisotopic (exact) mass is 336 g/mol. The van der Waals surface area contributed by atoms with Crippen LogP contribution in [-0.4, -0.2) is 15.9 Å². The molecule has 0 aliphatic rings. The van der Waals surface area contributed by atoms with Gasteiger partial charge in [0.1, 0.15) is 5.82 Å². The predicted octanol–water partition coefficient (Wildman–Crippen LogP) is 3.16. The molecule has 0 fully saturated rings. The van der Waals surface area contributed by atoms with Crippen LogP contribution in [0.4, 0.5) is 10.3 Å². The van der Waals surface area contributed by atoms with Gasteiger partial charge in [0.15, 0.2) is 0 Å². The summed E-state index contributed by atoms with van der Waals surface area (Å²) in [6, 6.07) is 15.8. The fourth-order valence-corrected chi connectivity index (χ4v) is 2.20. The molecule has 5 nitrogen and oxygen atoms in total. The Morgan fingerprint density at radius 1 is 0.880 bits per heavy atom. The van der Waals surface area contributed by atoms with Crippen molar-refractivity contribution in [1.82, 2.24) is 15.3 Å². The molecule has 0 spiro atoms. The molecule has 126 valence electrons. The Balaban J connectivity index is 1.52. The number of benzene rings is 2. The van der Waals surface area contributed by atoms with Gasteiger partial charge in [0, 0.05) is 25.5 Å². The van der Waals surface area contributed by atoms with Crippen molar-refractivity contribution in [2.24, 2.45) is 0 Å². The lowest BCUT2D eigenvalue weighted by atomic mass is 10.2. The second-order valence-corrected chi connectivity index (χ2v) is 5.44. The minimum Gasteiger partial charge on any atom is -0.350 e. The maximum Gasteiger partial charge on any atom is 0.254 e. The van der Waals surface area contributed by atoms with Gasteiger partial charge in [-0.15, -0.1) is 0 Å². The molecule has 0 unspecified atom stereocenters. The molecule has 0 atom stereocenters. The minimum atomic E-state index is -0.272. The summed E-state index contributed by atoms with van der Waals surface area (Å²) in [6.45, 7) is 0.921. The molecule has 1 aromatic heterocycles. The molecule has 0 saturated heterocycles. The van der Waals surface area contributed by atoms with Crippen LogP contribution in [-0.2, 0) is 13.1 Å². The number of halogens is 1. The first-order chi connectivity index (χ1) is 12.2. The third kappa shape index (κ3) is 4.84. The summed E-state index contributed by atoms with van der Waals surface area (Å²) in [5.41, 5.74) is 2.33. The highest BCUT2D eigenvalue weighted by atomic mass is 19.1. The first-order valence-electron chi connectivity index (χ1n) is 7.83. The highest BCUT2D eigenvalue weighted by Crippen LogP contribution is 2.06. The number of amides is 1. The van der Waals surface area contributed by atoms with E-state index in [0.29, 0.717) is 24.6 Å². The van der Waals surface area contributed by atoms with Gasteiger partial charge in [-0.25, -0.2) is 14.4 Å². The van der Waals surface area contributed by atoms with E-state index in [0.717, 1.165) is 11.1 Å². The highest BCUT2D eigenvalue weighted by molar-refractivity contribution is 5.93. The van der Waals surface area contributed by atoms with E-state index in [9.17, 15) is 9.18 Å². The maximum atomic E-state index is 12.9. The molecule has 0 aliphatic carbocycles. The van der Waals surface area contributed by atoms with Gasteiger partial charge in [0.25, 0.3) is 5.91 Å². The summed E-state index contributed by atoms with van der Waals surface area (Å²) in [7, 11) is 0. The molecule has 3 aromatic rings. The van der Waals surface area contributed by atoms with E-state index in [4.69, 9.17) is 0 Å². The van der Waals surface area contributed by atoms with Crippen LogP contribution in [0.1, 0.15) is 21.5 Å². The summed E-state index contributed by atoms with van der Waals surface area (Å²) in [4.78, 5) is 20.4. The number of carbonyl (C=O) groups is 1. The molecule has 1 amide bonds. The molecule has 0 radical (unpaired) electrons. The first kappa shape index (κ1) is 16.6. The van der Waals surface area contributed by atoms with Gasteiger partial charge in [0.2, 0.25) is 5.95 Å². The van der Waals surface area contributed by atoms with Crippen LogP contribution in [0.2, 0.25) is 0 Å². The summed E-state index contributed by atoms with van der Waals surface area (Å²) < 4.78 is 12.9. The number of hydrogen-bond donors (Lipinski definition) is 2. The summed E-state index contributed by atoms with van der Waals surface area (Å²) in [5.74, 6) is -0.0938. The Bertz CT molecular complexity index is 820. The molecule has 3 rings (SSSR count). The van der Waals surface area contributed by atoms with Crippen LogP contribution in [0.5, 0.6) is 0 Å². The Hall–Kier alpha value is -3.28. The van der Waals surface area contributed by atoms with Crippen molar-refractivity contribution in [2.45, 2.75) is 13.1 Å². The molecule has 25 heavy (non-hydrogen) atoms. The van der Waals surface area contributed by atoms with Gasteiger partial charge in [-0.2, -0.15) is 0 Å². The third-order valence-corrected chi connectivity index (χ3v) is 3.57. The smallest absolute Gasteiger partial charge is 0.254 e. The normalized spacial score (nSPS) is 10.3. The van der Waals surface area contributed by atoms with E-state index in [2.05, 4.69) is 20.6 Å². The number of rotatable bonds is 6. The van der Waals surface area contributed by atoms with Crippen molar-refractivity contribution in [3.63, 3.8) is 0 Å². The van der Waals surface area contributed by atoms with Gasteiger partial charge >= 0.3 is 0 Å². The van der Waals surface area contributed by atoms with E-state index >= 15 is 0 Å². The number of anilines is 1. The molecule has 1 heterocycles. The van der Waals surface area contributed by atoms with E-state index in [1.807, 2.05) is 30.3 Å². The van der Waals surface area contributed by atoms with Crippen molar-refractivity contribution >= 4 is 11.9 Å². The quantitative estimate of drug-likeness (QED) is 0.726. The van der Waals surface area contributed by atoms with Crippen molar-refractivity contribution in [3.8, 4) is 0 Å². The second kappa shape index (κ2) is 8.01. The largest absolute Gasteiger partial charge is 0.350 e. The number of hydrogen-bond acceptors (Lipinski definition) is 4. The topological polar surface area (TPSA) is 66.9 Å². The van der Waals surface area contributed by atoms with E-state index in [1.54, 1.807) is 12.1 Å². The van der Waals surface area contributed by atoms with Gasteiger partial charge in [-0.1, -0.05) is 42.5 Å². The zero-order valence-electron chi connectivity index (χ0n) is 13.4. The molecule has 6 heteroatoms. The lowest BCUT2D eigenvalue weighted by molar-refractivity contribution is 0.0950. The molecule has 2 N–H and O–H groups in total. The fraction of sp³-hybridized carbons (Fsp3) is 0.105. The van der Waals surface area contributed by atoms with Crippen LogP contribution in [0, 0.1) is 5.82 Å². The average molecular weight is 336 g/mol. The summed E-state index contributed by atoms with van der Waals surface area (Å²) in [5, 5.41) is 5.85. The molecule has 0 saturated carbocycles. The van der Waals surface area contributed by atoms with Crippen LogP contribution in [0.3, 0.4) is 0 Å². The van der Waals surface area contributed by atoms with Crippen molar-refractivity contribution in [1.29, 1.82) is 0 Å². The molecular formula is C19H17FN4O. The molecular weight excluding hydrogens is 319 g/mol. The number of nitrogens with one attached hydrogen (secondary N) is 2. The minimum absolute atomic E-state index is 0.228. The fourth-order valence-electron chi connectivity index (χ4n) is 2.20. The maximum absolute atomic E-state index is 12.9. The Morgan fingerprint density at radius 2 is 1.52 bits per heavy atom. The zero-order chi connectivity index (χ0) is 17.5. The van der Waals surface area contributed by atoms with Crippen LogP contribution in [0.15, 0.2) is 67.0 Å². The van der Waals surface area contributed by atoms with Crippen molar-refractivity contribution in [2.75, 3.05) is 5.32 Å². The Labute approximate surface area is 145 Å². The Kier molecular flexibility index (Phi) is 5.31. The lowest BCUT2D eigenvalue weighted by Crippen LogP contribution is -2.23. The predicted molar refractivity (Wildman–Crippen MR) is 93.4 cm³/mol. The first-order valence-corrected chi connectivity index (χ1v) is 7.83. The summed E-state index contributed by atoms with van der Waals surface area (Å²) >= 11 is 0. The molecule has 2 aromatic carbocycles. The average Bonchev–Trinajstić information content (AvgIpc) is 2.67. The van der Waals surface area contributed by atoms with Crippen molar-refractivity contribution in [3.05, 3.63) is 89.5 Å². The highest BCUT2D eigenvalue weighted by Gasteiger charge is 2.07. The number of carbonyl (C=O) groups excluding carboxylic acids is 1. The standard InChI is InChI=1S/C19H17FN4O/c20-17-8-6-15(7-9-17)11-22-19-23-12-16(13-24-19)18(25)21-10-14-4-2-1-3-5-14/h1-9,12-13H,10-11H2,(H,21,25)(H,22,23,24). The Morgan fingerprint density at radius 3 is 2.20 bits per heavy atom. The summed E-state index contributed by atoms with van der Waals surface area (Å²) in [6.07, 6.45) is 2.95. The van der Waals surface area contributed by atoms with Crippen molar-refractivity contribution < 1.29 is 9.18 Å². The number of aromatic nitrogens is 2. The van der Waals surface area contributed by atoms with E-state index in [1.165, 1.54) is 24.5 Å². The van der Waals surface area contributed by atoms with E-state index < -0.39 is 0 Å². The second-order valence-electron chi connectivity index (χ2n) is 5.44.